The molecule has 0 bridgehead atoms. The van der Waals surface area contributed by atoms with Crippen LogP contribution in [0, 0.1) is 0 Å². The molecule has 0 unspecified atom stereocenters. The molecule has 0 aliphatic rings. The normalized spacial score (nSPS) is 11.9. The fourth-order valence-electron chi connectivity index (χ4n) is 9.61. The molecule has 6 nitrogen and oxygen atoms in total. The largest absolute Gasteiger partial charge is 0.278 e. The summed E-state index contributed by atoms with van der Waals surface area (Å²) in [6.07, 6.45) is 0. The first-order chi connectivity index (χ1) is 30.8. The number of aromatic nitrogens is 6. The number of hydrogen-bond donors (Lipinski definition) is 0. The molecule has 0 radical (unpaired) electrons. The highest BCUT2D eigenvalue weighted by Gasteiger charge is 2.22. The smallest absolute Gasteiger partial charge is 0.220 e. The van der Waals surface area contributed by atoms with E-state index < -0.39 is 0 Å². The summed E-state index contributed by atoms with van der Waals surface area (Å²) in [6.45, 7) is 0. The van der Waals surface area contributed by atoms with Crippen LogP contribution in [0.25, 0.3) is 112 Å². The van der Waals surface area contributed by atoms with E-state index in [0.717, 1.165) is 72.6 Å². The number of imidazole rings is 4. The van der Waals surface area contributed by atoms with Gasteiger partial charge in [0.25, 0.3) is 0 Å². The van der Waals surface area contributed by atoms with E-state index in [9.17, 15) is 0 Å². The summed E-state index contributed by atoms with van der Waals surface area (Å²) in [5.41, 5.74) is 19.9. The van der Waals surface area contributed by atoms with Crippen molar-refractivity contribution in [1.82, 2.24) is 27.9 Å². The highest BCUT2D eigenvalue weighted by molar-refractivity contribution is 5.98. The molecule has 0 saturated heterocycles. The third-order valence-corrected chi connectivity index (χ3v) is 12.4. The van der Waals surface area contributed by atoms with Crippen molar-refractivity contribution in [1.29, 1.82) is 0 Å². The third-order valence-electron chi connectivity index (χ3n) is 12.4. The Hall–Kier alpha value is -8.48. The lowest BCUT2D eigenvalue weighted by Gasteiger charge is -2.19. The minimum Gasteiger partial charge on any atom is -0.278 e. The Morgan fingerprint density at radius 1 is 0.258 bits per heavy atom. The fourth-order valence-corrected chi connectivity index (χ4v) is 9.61. The van der Waals surface area contributed by atoms with Crippen molar-refractivity contribution in [2.24, 2.45) is 0 Å². The van der Waals surface area contributed by atoms with Crippen LogP contribution in [-0.2, 0) is 0 Å². The number of nitrogens with zero attached hydrogens (tertiary/aromatic N) is 6. The number of para-hydroxylation sites is 6. The first kappa shape index (κ1) is 34.4. The molecule has 0 aliphatic heterocycles. The summed E-state index contributed by atoms with van der Waals surface area (Å²) in [5, 5.41) is 0. The minimum atomic E-state index is 0.859. The zero-order valence-electron chi connectivity index (χ0n) is 33.5. The van der Waals surface area contributed by atoms with Gasteiger partial charge >= 0.3 is 0 Å². The van der Waals surface area contributed by atoms with E-state index in [0.29, 0.717) is 0 Å². The molecule has 0 spiro atoms. The van der Waals surface area contributed by atoms with Crippen molar-refractivity contribution in [2.75, 3.05) is 0 Å². The Labute approximate surface area is 356 Å². The second kappa shape index (κ2) is 13.5. The molecule has 0 amide bonds. The second-order valence-electron chi connectivity index (χ2n) is 15.9. The van der Waals surface area contributed by atoms with Crippen LogP contribution >= 0.6 is 0 Å². The quantitative estimate of drug-likeness (QED) is 0.168. The van der Waals surface area contributed by atoms with Crippen LogP contribution < -0.4 is 0 Å². The number of hydrogen-bond acceptors (Lipinski definition) is 2. The van der Waals surface area contributed by atoms with Gasteiger partial charge in [0.15, 0.2) is 0 Å². The molecule has 0 fully saturated rings. The van der Waals surface area contributed by atoms with Crippen molar-refractivity contribution < 1.29 is 0 Å². The molecular weight excluding hydrogens is 757 g/mol. The summed E-state index contributed by atoms with van der Waals surface area (Å²) in [7, 11) is 0. The average Bonchev–Trinajstić information content (AvgIpc) is 4.08. The van der Waals surface area contributed by atoms with Gasteiger partial charge in [-0.3, -0.25) is 17.9 Å². The van der Waals surface area contributed by atoms with E-state index in [1.165, 1.54) is 38.9 Å². The van der Waals surface area contributed by atoms with Gasteiger partial charge in [0.1, 0.15) is 0 Å². The van der Waals surface area contributed by atoms with Crippen LogP contribution in [0.1, 0.15) is 0 Å². The van der Waals surface area contributed by atoms with Crippen LogP contribution in [0.4, 0.5) is 0 Å². The van der Waals surface area contributed by atoms with Gasteiger partial charge in [0.05, 0.1) is 49.8 Å². The predicted octanol–water partition coefficient (Wildman–Crippen LogP) is 13.8. The van der Waals surface area contributed by atoms with Gasteiger partial charge in [-0.15, -0.1) is 0 Å². The number of fused-ring (bicyclic) bond motifs is 10. The molecular formula is C56H36N6. The maximum atomic E-state index is 5.37. The second-order valence-corrected chi connectivity index (χ2v) is 15.9. The standard InChI is InChI=1S/C56H36N6/c1-4-17-37(18-5-1)43-35-45(39-21-8-3-9-22-39)46(36-44(43)38-19-6-2-7-20-38)40-23-16-24-41(33-40)59-51-28-13-15-30-53(51)62-54-34-42(31-32-48(54)58-56(59)62)60-50-27-12-14-29-52(50)61-49-26-11-10-25-47(49)57-55(60)61/h1-36H. The lowest BCUT2D eigenvalue weighted by molar-refractivity contribution is 1.11. The van der Waals surface area contributed by atoms with Gasteiger partial charge in [-0.05, 0) is 123 Å². The van der Waals surface area contributed by atoms with Crippen LogP contribution in [-0.4, -0.2) is 27.9 Å². The minimum absolute atomic E-state index is 0.859. The van der Waals surface area contributed by atoms with Crippen molar-refractivity contribution in [3.8, 4) is 55.9 Å². The molecule has 4 heterocycles. The number of benzene rings is 9. The summed E-state index contributed by atoms with van der Waals surface area (Å²) in [6, 6.07) is 78.0. The molecule has 62 heavy (non-hydrogen) atoms. The molecule has 290 valence electrons. The summed E-state index contributed by atoms with van der Waals surface area (Å²) in [5.74, 6) is 1.74. The van der Waals surface area contributed by atoms with Crippen molar-refractivity contribution in [2.45, 2.75) is 0 Å². The van der Waals surface area contributed by atoms with E-state index in [1.807, 2.05) is 6.07 Å². The van der Waals surface area contributed by atoms with Crippen molar-refractivity contribution in [3.05, 3.63) is 218 Å². The SMILES string of the molecule is c1ccc(-c2cc(-c3ccccc3)c(-c3cccc(-n4c5ccccc5n5c6cc(-n7c8ccccc8n8c9ccccc9nc78)ccc6nc45)c3)cc2-c2ccccc2)cc1. The van der Waals surface area contributed by atoms with Gasteiger partial charge in [0, 0.05) is 5.69 Å². The van der Waals surface area contributed by atoms with E-state index in [4.69, 9.17) is 9.97 Å². The highest BCUT2D eigenvalue weighted by Crippen LogP contribution is 2.43. The molecule has 0 saturated carbocycles. The zero-order valence-corrected chi connectivity index (χ0v) is 33.5. The molecule has 0 aliphatic carbocycles. The van der Waals surface area contributed by atoms with Gasteiger partial charge in [-0.25, -0.2) is 9.97 Å². The monoisotopic (exact) mass is 792 g/mol. The van der Waals surface area contributed by atoms with Crippen LogP contribution in [0.15, 0.2) is 218 Å². The average molecular weight is 793 g/mol. The van der Waals surface area contributed by atoms with E-state index in [-0.39, 0.29) is 0 Å². The molecule has 13 aromatic rings. The highest BCUT2D eigenvalue weighted by atomic mass is 15.2. The molecule has 9 aromatic carbocycles. The van der Waals surface area contributed by atoms with Gasteiger partial charge < -0.3 is 0 Å². The molecule has 13 rings (SSSR count). The Balaban J connectivity index is 1.03. The molecule has 6 heteroatoms. The third kappa shape index (κ3) is 5.17. The van der Waals surface area contributed by atoms with E-state index in [2.05, 4.69) is 230 Å². The fraction of sp³-hybridized carbons (Fsp3) is 0. The van der Waals surface area contributed by atoms with E-state index in [1.54, 1.807) is 0 Å². The Morgan fingerprint density at radius 2 is 0.661 bits per heavy atom. The topological polar surface area (TPSA) is 44.5 Å². The molecule has 0 N–H and O–H groups in total. The Bertz CT molecular complexity index is 3850. The first-order valence-electron chi connectivity index (χ1n) is 21.0. The first-order valence-corrected chi connectivity index (χ1v) is 21.0. The van der Waals surface area contributed by atoms with E-state index >= 15 is 0 Å². The van der Waals surface area contributed by atoms with Gasteiger partial charge in [-0.1, -0.05) is 140 Å². The van der Waals surface area contributed by atoms with Gasteiger partial charge in [-0.2, -0.15) is 0 Å². The van der Waals surface area contributed by atoms with Crippen molar-refractivity contribution in [3.63, 3.8) is 0 Å². The molecule has 0 atom stereocenters. The zero-order chi connectivity index (χ0) is 40.7. The summed E-state index contributed by atoms with van der Waals surface area (Å²) in [4.78, 5) is 10.5. The molecule has 4 aromatic heterocycles. The summed E-state index contributed by atoms with van der Waals surface area (Å²) >= 11 is 0. The Morgan fingerprint density at radius 3 is 1.21 bits per heavy atom. The van der Waals surface area contributed by atoms with Crippen molar-refractivity contribution >= 4 is 55.7 Å². The lowest BCUT2D eigenvalue weighted by Crippen LogP contribution is -1.97. The van der Waals surface area contributed by atoms with Gasteiger partial charge in [0.2, 0.25) is 11.6 Å². The number of rotatable bonds is 6. The summed E-state index contributed by atoms with van der Waals surface area (Å²) < 4.78 is 9.15. The maximum absolute atomic E-state index is 5.37. The van der Waals surface area contributed by atoms with Crippen LogP contribution in [0.5, 0.6) is 0 Å². The van der Waals surface area contributed by atoms with Crippen LogP contribution in [0.3, 0.4) is 0 Å². The Kier molecular flexibility index (Phi) is 7.50. The predicted molar refractivity (Wildman–Crippen MR) is 254 cm³/mol. The maximum Gasteiger partial charge on any atom is 0.220 e. The van der Waals surface area contributed by atoms with Crippen LogP contribution in [0.2, 0.25) is 0 Å². The lowest BCUT2D eigenvalue weighted by atomic mass is 9.85.